The molecule has 0 aromatic heterocycles. The predicted octanol–water partition coefficient (Wildman–Crippen LogP) is -0.475. The van der Waals surface area contributed by atoms with Crippen molar-refractivity contribution in [3.05, 3.63) is 0 Å². The normalized spacial score (nSPS) is 26.7. The Labute approximate surface area is 89.4 Å². The first-order valence-corrected chi connectivity index (χ1v) is 5.48. The van der Waals surface area contributed by atoms with Gasteiger partial charge in [0.2, 0.25) is 0 Å². The van der Waals surface area contributed by atoms with E-state index in [1.165, 1.54) is 0 Å². The molecule has 0 saturated carbocycles. The maximum absolute atomic E-state index is 10.9. The molecule has 0 bridgehead atoms. The van der Waals surface area contributed by atoms with E-state index in [1.807, 2.05) is 0 Å². The van der Waals surface area contributed by atoms with E-state index in [9.17, 15) is 4.79 Å². The number of carbonyl (C=O) groups is 1. The Morgan fingerprint density at radius 3 is 2.80 bits per heavy atom. The van der Waals surface area contributed by atoms with Gasteiger partial charge in [0.1, 0.15) is 0 Å². The maximum atomic E-state index is 10.9. The van der Waals surface area contributed by atoms with Crippen LogP contribution in [0.2, 0.25) is 0 Å². The molecule has 2 heterocycles. The molecule has 2 N–H and O–H groups in total. The highest BCUT2D eigenvalue weighted by Crippen LogP contribution is 2.25. The molecule has 0 spiro atoms. The van der Waals surface area contributed by atoms with Crippen LogP contribution < -0.4 is 5.32 Å². The Morgan fingerprint density at radius 2 is 2.20 bits per heavy atom. The van der Waals surface area contributed by atoms with Crippen LogP contribution in [-0.2, 0) is 9.53 Å². The van der Waals surface area contributed by atoms with Gasteiger partial charge < -0.3 is 15.2 Å². The molecule has 5 nitrogen and oxygen atoms in total. The maximum Gasteiger partial charge on any atom is 0.305 e. The van der Waals surface area contributed by atoms with Crippen LogP contribution in [-0.4, -0.2) is 60.9 Å². The molecule has 2 rings (SSSR count). The van der Waals surface area contributed by atoms with Gasteiger partial charge in [0.05, 0.1) is 18.6 Å². The number of nitrogens with zero attached hydrogens (tertiary/aromatic N) is 1. The molecule has 5 heteroatoms. The minimum Gasteiger partial charge on any atom is -0.481 e. The van der Waals surface area contributed by atoms with Crippen LogP contribution in [0.4, 0.5) is 0 Å². The SMILES string of the molecule is O=C(O)CC1(N2CCCOCC2)CNC1. The fraction of sp³-hybridized carbons (Fsp3) is 0.900. The number of rotatable bonds is 3. The molecule has 15 heavy (non-hydrogen) atoms. The molecule has 0 atom stereocenters. The second-order valence-corrected chi connectivity index (χ2v) is 4.35. The number of carboxylic acids is 1. The first-order valence-electron chi connectivity index (χ1n) is 5.48. The van der Waals surface area contributed by atoms with Crippen LogP contribution in [0.15, 0.2) is 0 Å². The lowest BCUT2D eigenvalue weighted by molar-refractivity contribution is -0.141. The van der Waals surface area contributed by atoms with Gasteiger partial charge >= 0.3 is 5.97 Å². The summed E-state index contributed by atoms with van der Waals surface area (Å²) in [6.07, 6.45) is 1.24. The van der Waals surface area contributed by atoms with E-state index in [2.05, 4.69) is 10.2 Å². The fourth-order valence-electron chi connectivity index (χ4n) is 2.38. The van der Waals surface area contributed by atoms with Crippen molar-refractivity contribution in [1.29, 1.82) is 0 Å². The van der Waals surface area contributed by atoms with Crippen LogP contribution in [0, 0.1) is 0 Å². The van der Waals surface area contributed by atoms with Gasteiger partial charge in [-0.2, -0.15) is 0 Å². The van der Waals surface area contributed by atoms with Crippen molar-refractivity contribution in [2.45, 2.75) is 18.4 Å². The van der Waals surface area contributed by atoms with Gasteiger partial charge in [0, 0.05) is 32.8 Å². The summed E-state index contributed by atoms with van der Waals surface area (Å²) in [4.78, 5) is 13.1. The molecule has 0 radical (unpaired) electrons. The molecule has 86 valence electrons. The molecule has 0 unspecified atom stereocenters. The number of nitrogens with one attached hydrogen (secondary N) is 1. The minimum atomic E-state index is -0.707. The summed E-state index contributed by atoms with van der Waals surface area (Å²) in [5.41, 5.74) is -0.153. The van der Waals surface area contributed by atoms with Crippen LogP contribution in [0.5, 0.6) is 0 Å². The van der Waals surface area contributed by atoms with Crippen LogP contribution in [0.3, 0.4) is 0 Å². The van der Waals surface area contributed by atoms with Crippen molar-refractivity contribution in [2.24, 2.45) is 0 Å². The third-order valence-electron chi connectivity index (χ3n) is 3.28. The van der Waals surface area contributed by atoms with E-state index >= 15 is 0 Å². The highest BCUT2D eigenvalue weighted by atomic mass is 16.5. The van der Waals surface area contributed by atoms with Gasteiger partial charge in [-0.1, -0.05) is 0 Å². The summed E-state index contributed by atoms with van der Waals surface area (Å²) in [6.45, 7) is 4.91. The lowest BCUT2D eigenvalue weighted by Crippen LogP contribution is -2.69. The van der Waals surface area contributed by atoms with E-state index in [0.717, 1.165) is 45.8 Å². The molecule has 0 aromatic rings. The first kappa shape index (κ1) is 10.9. The van der Waals surface area contributed by atoms with Crippen LogP contribution in [0.1, 0.15) is 12.8 Å². The third kappa shape index (κ3) is 2.30. The number of hydrogen-bond donors (Lipinski definition) is 2. The lowest BCUT2D eigenvalue weighted by Gasteiger charge is -2.49. The van der Waals surface area contributed by atoms with Gasteiger partial charge in [-0.3, -0.25) is 9.69 Å². The van der Waals surface area contributed by atoms with Crippen molar-refractivity contribution < 1.29 is 14.6 Å². The highest BCUT2D eigenvalue weighted by Gasteiger charge is 2.44. The number of aliphatic carboxylic acids is 1. The zero-order chi connectivity index (χ0) is 10.7. The average molecular weight is 214 g/mol. The van der Waals surface area contributed by atoms with E-state index in [1.54, 1.807) is 0 Å². The topological polar surface area (TPSA) is 61.8 Å². The predicted molar refractivity (Wildman–Crippen MR) is 54.9 cm³/mol. The first-order chi connectivity index (χ1) is 7.23. The largest absolute Gasteiger partial charge is 0.481 e. The molecule has 2 saturated heterocycles. The molecule has 0 aromatic carbocycles. The van der Waals surface area contributed by atoms with Gasteiger partial charge in [-0.25, -0.2) is 0 Å². The number of hydrogen-bond acceptors (Lipinski definition) is 4. The second kappa shape index (κ2) is 4.47. The standard InChI is InChI=1S/C10H18N2O3/c13-9(14)6-10(7-11-8-10)12-2-1-4-15-5-3-12/h11H,1-8H2,(H,13,14). The van der Waals surface area contributed by atoms with E-state index in [-0.39, 0.29) is 12.0 Å². The molecule has 2 aliphatic rings. The molecule has 0 aliphatic carbocycles. The third-order valence-corrected chi connectivity index (χ3v) is 3.28. The Bertz CT molecular complexity index is 233. The van der Waals surface area contributed by atoms with Gasteiger partial charge in [-0.05, 0) is 6.42 Å². The minimum absolute atomic E-state index is 0.153. The molecular formula is C10H18N2O3. The molecule has 0 amide bonds. The summed E-state index contributed by atoms with van der Waals surface area (Å²) in [7, 11) is 0. The van der Waals surface area contributed by atoms with Gasteiger partial charge in [0.25, 0.3) is 0 Å². The van der Waals surface area contributed by atoms with E-state index in [4.69, 9.17) is 9.84 Å². The summed E-state index contributed by atoms with van der Waals surface area (Å²) in [6, 6.07) is 0. The molecule has 2 fully saturated rings. The van der Waals surface area contributed by atoms with E-state index in [0.29, 0.717) is 0 Å². The Kier molecular flexibility index (Phi) is 3.23. The quantitative estimate of drug-likeness (QED) is 0.665. The van der Waals surface area contributed by atoms with Crippen molar-refractivity contribution in [2.75, 3.05) is 39.4 Å². The Hall–Kier alpha value is -0.650. The van der Waals surface area contributed by atoms with Crippen molar-refractivity contribution in [3.63, 3.8) is 0 Å². The fourth-order valence-corrected chi connectivity index (χ4v) is 2.38. The Morgan fingerprint density at radius 1 is 1.40 bits per heavy atom. The van der Waals surface area contributed by atoms with Gasteiger partial charge in [0.15, 0.2) is 0 Å². The van der Waals surface area contributed by atoms with Crippen molar-refractivity contribution >= 4 is 5.97 Å². The van der Waals surface area contributed by atoms with Gasteiger partial charge in [-0.15, -0.1) is 0 Å². The average Bonchev–Trinajstić information content (AvgIpc) is 2.39. The second-order valence-electron chi connectivity index (χ2n) is 4.35. The summed E-state index contributed by atoms with van der Waals surface area (Å²) in [5, 5.41) is 12.1. The molecule has 2 aliphatic heterocycles. The zero-order valence-corrected chi connectivity index (χ0v) is 8.87. The zero-order valence-electron chi connectivity index (χ0n) is 8.87. The number of ether oxygens (including phenoxy) is 1. The van der Waals surface area contributed by atoms with Crippen molar-refractivity contribution in [3.8, 4) is 0 Å². The van der Waals surface area contributed by atoms with Crippen molar-refractivity contribution in [1.82, 2.24) is 10.2 Å². The molecular weight excluding hydrogens is 196 g/mol. The van der Waals surface area contributed by atoms with E-state index < -0.39 is 5.97 Å². The Balaban J connectivity index is 2.00. The summed E-state index contributed by atoms with van der Waals surface area (Å²) >= 11 is 0. The monoisotopic (exact) mass is 214 g/mol. The summed E-state index contributed by atoms with van der Waals surface area (Å²) in [5.74, 6) is -0.707. The highest BCUT2D eigenvalue weighted by molar-refractivity contribution is 5.68. The lowest BCUT2D eigenvalue weighted by atomic mass is 9.86. The van der Waals surface area contributed by atoms with Crippen LogP contribution >= 0.6 is 0 Å². The smallest absolute Gasteiger partial charge is 0.305 e. The number of carboxylic acid groups (broad SMARTS) is 1. The van der Waals surface area contributed by atoms with Crippen LogP contribution in [0.25, 0.3) is 0 Å². The summed E-state index contributed by atoms with van der Waals surface area (Å²) < 4.78 is 5.38.